The van der Waals surface area contributed by atoms with Crippen molar-refractivity contribution in [3.05, 3.63) is 92.8 Å². The molecule has 0 aliphatic carbocycles. The van der Waals surface area contributed by atoms with Crippen LogP contribution in [-0.2, 0) is 4.79 Å². The van der Waals surface area contributed by atoms with E-state index < -0.39 is 0 Å². The van der Waals surface area contributed by atoms with Gasteiger partial charge >= 0.3 is 0 Å². The molecule has 1 aromatic heterocycles. The molecule has 1 N–H and O–H groups in total. The van der Waals surface area contributed by atoms with Crippen LogP contribution in [0.1, 0.15) is 5.56 Å². The zero-order valence-corrected chi connectivity index (χ0v) is 19.4. The van der Waals surface area contributed by atoms with E-state index in [0.29, 0.717) is 21.9 Å². The molecule has 3 aromatic carbocycles. The van der Waals surface area contributed by atoms with Crippen molar-refractivity contribution in [2.24, 2.45) is 10.1 Å². The number of carbonyl (C=O) groups excluding carboxylic acids is 1. The number of carbonyl (C=O) groups is 1. The van der Waals surface area contributed by atoms with Crippen LogP contribution < -0.4 is 14.9 Å². The van der Waals surface area contributed by atoms with Gasteiger partial charge in [-0.3, -0.25) is 4.79 Å². The molecule has 0 bridgehead atoms. The topological polar surface area (TPSA) is 68.0 Å². The van der Waals surface area contributed by atoms with Gasteiger partial charge in [0.05, 0.1) is 23.3 Å². The van der Waals surface area contributed by atoms with E-state index in [1.54, 1.807) is 23.0 Å². The summed E-state index contributed by atoms with van der Waals surface area (Å²) >= 11 is 4.94. The lowest BCUT2D eigenvalue weighted by Gasteiger charge is -2.18. The number of benzene rings is 3. The summed E-state index contributed by atoms with van der Waals surface area (Å²) < 4.78 is 21.4. The molecule has 6 nitrogen and oxygen atoms in total. The highest BCUT2D eigenvalue weighted by atomic mass is 79.9. The predicted molar refractivity (Wildman–Crippen MR) is 131 cm³/mol. The molecule has 33 heavy (non-hydrogen) atoms. The van der Waals surface area contributed by atoms with Gasteiger partial charge in [-0.25, -0.2) is 14.1 Å². The molecule has 1 aliphatic heterocycles. The van der Waals surface area contributed by atoms with Crippen molar-refractivity contribution >= 4 is 50.8 Å². The van der Waals surface area contributed by atoms with Crippen molar-refractivity contribution in [1.82, 2.24) is 4.68 Å². The molecule has 0 saturated carbocycles. The van der Waals surface area contributed by atoms with Crippen LogP contribution in [0.3, 0.4) is 0 Å². The van der Waals surface area contributed by atoms with Gasteiger partial charge in [-0.05, 0) is 48.5 Å². The molecule has 1 amide bonds. The Morgan fingerprint density at radius 2 is 1.94 bits per heavy atom. The highest BCUT2D eigenvalue weighted by Crippen LogP contribution is 2.33. The van der Waals surface area contributed by atoms with Crippen LogP contribution in [0, 0.1) is 5.82 Å². The molecule has 0 saturated heterocycles. The zero-order chi connectivity index (χ0) is 22.8. The minimum absolute atomic E-state index is 0.00173. The van der Waals surface area contributed by atoms with Crippen LogP contribution in [0.25, 0.3) is 11.3 Å². The summed E-state index contributed by atoms with van der Waals surface area (Å²) in [6.45, 7) is 0.00173. The third-order valence-corrected chi connectivity index (χ3v) is 6.40. The number of nitrogens with zero attached hydrogens (tertiary/aromatic N) is 3. The SMILES string of the molecule is O=C1COc2ccc(-c3csc(=Nc4ccc(F)cc4)n3N=Cc3ccccc3Br)cc2N1. The number of nitrogens with one attached hydrogen (secondary N) is 1. The number of hydrogen-bond acceptors (Lipinski definition) is 5. The van der Waals surface area contributed by atoms with Crippen LogP contribution in [0.15, 0.2) is 86.7 Å². The van der Waals surface area contributed by atoms with E-state index in [0.717, 1.165) is 21.3 Å². The molecule has 0 fully saturated rings. The summed E-state index contributed by atoms with van der Waals surface area (Å²) in [6.07, 6.45) is 1.74. The quantitative estimate of drug-likeness (QED) is 0.356. The second-order valence-corrected chi connectivity index (χ2v) is 8.81. The summed E-state index contributed by atoms with van der Waals surface area (Å²) in [6, 6.07) is 19.3. The monoisotopic (exact) mass is 522 g/mol. The number of thiazole rings is 1. The molecule has 1 aliphatic rings. The van der Waals surface area contributed by atoms with E-state index in [-0.39, 0.29) is 18.3 Å². The first kappa shape index (κ1) is 21.3. The average molecular weight is 523 g/mol. The molecule has 0 radical (unpaired) electrons. The van der Waals surface area contributed by atoms with Crippen molar-refractivity contribution in [3.63, 3.8) is 0 Å². The molecular formula is C24H16BrFN4O2S. The van der Waals surface area contributed by atoms with Gasteiger partial charge in [0.1, 0.15) is 11.6 Å². The van der Waals surface area contributed by atoms with Gasteiger partial charge in [0.15, 0.2) is 6.61 Å². The van der Waals surface area contributed by atoms with Gasteiger partial charge < -0.3 is 10.1 Å². The standard InChI is InChI=1S/C24H16BrFN4O2S/c25-19-4-2-1-3-16(19)12-27-30-21(14-33-24(30)28-18-8-6-17(26)7-9-18)15-5-10-22-20(11-15)29-23(31)13-32-22/h1-12,14H,13H2,(H,29,31). The number of halogens is 2. The Kier molecular flexibility index (Phi) is 5.89. The van der Waals surface area contributed by atoms with Crippen molar-refractivity contribution in [2.75, 3.05) is 11.9 Å². The maximum Gasteiger partial charge on any atom is 0.262 e. The smallest absolute Gasteiger partial charge is 0.262 e. The molecule has 4 aromatic rings. The molecule has 0 spiro atoms. The maximum atomic E-state index is 13.3. The van der Waals surface area contributed by atoms with E-state index in [4.69, 9.17) is 9.84 Å². The van der Waals surface area contributed by atoms with Crippen LogP contribution in [0.2, 0.25) is 0 Å². The second kappa shape index (κ2) is 9.13. The molecule has 0 unspecified atom stereocenters. The fraction of sp³-hybridized carbons (Fsp3) is 0.0417. The normalized spacial score (nSPS) is 13.6. The largest absolute Gasteiger partial charge is 0.482 e. The van der Waals surface area contributed by atoms with Crippen LogP contribution >= 0.6 is 27.3 Å². The third-order valence-electron chi connectivity index (χ3n) is 4.86. The lowest BCUT2D eigenvalue weighted by molar-refractivity contribution is -0.118. The van der Waals surface area contributed by atoms with Crippen molar-refractivity contribution in [1.29, 1.82) is 0 Å². The summed E-state index contributed by atoms with van der Waals surface area (Å²) in [5.74, 6) is 0.101. The number of fused-ring (bicyclic) bond motifs is 1. The lowest BCUT2D eigenvalue weighted by atomic mass is 10.1. The van der Waals surface area contributed by atoms with Gasteiger partial charge in [-0.2, -0.15) is 5.10 Å². The molecule has 2 heterocycles. The molecule has 164 valence electrons. The summed E-state index contributed by atoms with van der Waals surface area (Å²) in [7, 11) is 0. The van der Waals surface area contributed by atoms with E-state index >= 15 is 0 Å². The van der Waals surface area contributed by atoms with Gasteiger partial charge in [-0.15, -0.1) is 11.3 Å². The number of amides is 1. The Bertz CT molecular complexity index is 1440. The van der Waals surface area contributed by atoms with Crippen LogP contribution in [0.5, 0.6) is 5.75 Å². The fourth-order valence-corrected chi connectivity index (χ4v) is 4.50. The molecule has 5 rings (SSSR count). The number of rotatable bonds is 4. The van der Waals surface area contributed by atoms with Crippen LogP contribution in [-0.4, -0.2) is 23.4 Å². The van der Waals surface area contributed by atoms with Gasteiger partial charge in [0.2, 0.25) is 4.80 Å². The number of anilines is 1. The van der Waals surface area contributed by atoms with Gasteiger partial charge in [0.25, 0.3) is 5.91 Å². The highest BCUT2D eigenvalue weighted by Gasteiger charge is 2.18. The molecule has 0 atom stereocenters. The first-order valence-electron chi connectivity index (χ1n) is 9.93. The van der Waals surface area contributed by atoms with Crippen LogP contribution in [0.4, 0.5) is 15.8 Å². The van der Waals surface area contributed by atoms with Crippen molar-refractivity contribution < 1.29 is 13.9 Å². The van der Waals surface area contributed by atoms with E-state index in [1.807, 2.05) is 47.8 Å². The summed E-state index contributed by atoms with van der Waals surface area (Å²) in [5.41, 5.74) is 3.74. The minimum Gasteiger partial charge on any atom is -0.482 e. The predicted octanol–water partition coefficient (Wildman–Crippen LogP) is 5.56. The van der Waals surface area contributed by atoms with E-state index in [1.165, 1.54) is 23.5 Å². The average Bonchev–Trinajstić information content (AvgIpc) is 3.22. The zero-order valence-electron chi connectivity index (χ0n) is 17.0. The first-order valence-corrected chi connectivity index (χ1v) is 11.6. The first-order chi connectivity index (χ1) is 16.1. The Morgan fingerprint density at radius 3 is 2.76 bits per heavy atom. The molecule has 9 heteroatoms. The van der Waals surface area contributed by atoms with Gasteiger partial charge in [0, 0.05) is 21.0 Å². The lowest BCUT2D eigenvalue weighted by Crippen LogP contribution is -2.25. The number of ether oxygens (including phenoxy) is 1. The number of hydrogen-bond donors (Lipinski definition) is 1. The highest BCUT2D eigenvalue weighted by molar-refractivity contribution is 9.10. The fourth-order valence-electron chi connectivity index (χ4n) is 3.26. The Labute approximate surface area is 200 Å². The molecular weight excluding hydrogens is 507 g/mol. The Morgan fingerprint density at radius 1 is 1.12 bits per heavy atom. The van der Waals surface area contributed by atoms with Crippen molar-refractivity contribution in [3.8, 4) is 17.0 Å². The van der Waals surface area contributed by atoms with Crippen molar-refractivity contribution in [2.45, 2.75) is 0 Å². The van der Waals surface area contributed by atoms with E-state index in [9.17, 15) is 9.18 Å². The van der Waals surface area contributed by atoms with E-state index in [2.05, 4.69) is 26.2 Å². The summed E-state index contributed by atoms with van der Waals surface area (Å²) in [4.78, 5) is 17.0. The maximum absolute atomic E-state index is 13.3. The third kappa shape index (κ3) is 4.64. The summed E-state index contributed by atoms with van der Waals surface area (Å²) in [5, 5.41) is 9.47. The second-order valence-electron chi connectivity index (χ2n) is 7.12. The Hall–Kier alpha value is -3.56. The minimum atomic E-state index is -0.320. The van der Waals surface area contributed by atoms with Gasteiger partial charge in [-0.1, -0.05) is 34.1 Å². The number of aromatic nitrogens is 1. The Balaban J connectivity index is 1.63.